The number of carbonyl (C=O) groups is 2. The zero-order chi connectivity index (χ0) is 25.1. The lowest BCUT2D eigenvalue weighted by Crippen LogP contribution is -2.31. The summed E-state index contributed by atoms with van der Waals surface area (Å²) in [5.41, 5.74) is 1.06. The van der Waals surface area contributed by atoms with Gasteiger partial charge in [0.1, 0.15) is 16.9 Å². The molecule has 4 rings (SSSR count). The minimum atomic E-state index is -0.694. The molecule has 0 aliphatic heterocycles. The molecule has 0 saturated heterocycles. The van der Waals surface area contributed by atoms with Crippen LogP contribution < -0.4 is 20.5 Å². The topological polar surface area (TPSA) is 113 Å². The van der Waals surface area contributed by atoms with Crippen LogP contribution in [0.25, 0.3) is 16.7 Å². The number of ether oxygens (including phenoxy) is 3. The number of benzene rings is 1. The van der Waals surface area contributed by atoms with Crippen molar-refractivity contribution in [1.29, 1.82) is 0 Å². The lowest BCUT2D eigenvalue weighted by molar-refractivity contribution is -0.117. The summed E-state index contributed by atoms with van der Waals surface area (Å²) < 4.78 is 18.5. The molecule has 0 aliphatic rings. The minimum absolute atomic E-state index is 0.00251. The van der Waals surface area contributed by atoms with E-state index in [-0.39, 0.29) is 40.7 Å². The molecule has 1 amide bonds. The third-order valence-electron chi connectivity index (χ3n) is 5.44. The molecule has 0 radical (unpaired) electrons. The molecule has 4 aromatic rings. The molecule has 10 heteroatoms. The van der Waals surface area contributed by atoms with Gasteiger partial charge in [-0.3, -0.25) is 14.0 Å². The van der Waals surface area contributed by atoms with Crippen LogP contribution in [0.2, 0.25) is 0 Å². The number of amides is 1. The van der Waals surface area contributed by atoms with E-state index in [0.717, 1.165) is 0 Å². The Morgan fingerprint density at radius 3 is 2.54 bits per heavy atom. The van der Waals surface area contributed by atoms with Crippen molar-refractivity contribution in [3.05, 3.63) is 75.6 Å². The zero-order valence-electron chi connectivity index (χ0n) is 19.8. The van der Waals surface area contributed by atoms with E-state index in [4.69, 9.17) is 14.2 Å². The van der Waals surface area contributed by atoms with Gasteiger partial charge in [0.2, 0.25) is 0 Å². The van der Waals surface area contributed by atoms with Crippen LogP contribution in [0, 0.1) is 0 Å². The maximum atomic E-state index is 13.1. The van der Waals surface area contributed by atoms with Crippen molar-refractivity contribution in [2.24, 2.45) is 12.0 Å². The van der Waals surface area contributed by atoms with Crippen molar-refractivity contribution in [2.45, 2.75) is 13.3 Å². The fourth-order valence-electron chi connectivity index (χ4n) is 3.78. The highest BCUT2D eigenvalue weighted by Crippen LogP contribution is 2.27. The van der Waals surface area contributed by atoms with Crippen LogP contribution in [0.3, 0.4) is 0 Å². The van der Waals surface area contributed by atoms with Gasteiger partial charge in [-0.05, 0) is 42.8 Å². The number of esters is 1. The summed E-state index contributed by atoms with van der Waals surface area (Å²) in [6.07, 6.45) is 1.55. The number of hydrogen-bond acceptors (Lipinski definition) is 7. The second-order valence-corrected chi connectivity index (χ2v) is 7.62. The van der Waals surface area contributed by atoms with Gasteiger partial charge in [-0.15, -0.1) is 0 Å². The highest BCUT2D eigenvalue weighted by atomic mass is 16.5. The zero-order valence-corrected chi connectivity index (χ0v) is 19.8. The molecule has 0 aliphatic carbocycles. The number of aromatic nitrogens is 3. The first-order chi connectivity index (χ1) is 16.9. The molecule has 3 heterocycles. The van der Waals surface area contributed by atoms with Crippen molar-refractivity contribution < 1.29 is 23.8 Å². The predicted molar refractivity (Wildman–Crippen MR) is 128 cm³/mol. The largest absolute Gasteiger partial charge is 0.493 e. The van der Waals surface area contributed by atoms with Gasteiger partial charge in [-0.2, -0.15) is 4.99 Å². The number of nitrogens with zero attached hydrogens (tertiary/aromatic N) is 4. The first-order valence-electron chi connectivity index (χ1n) is 10.8. The third kappa shape index (κ3) is 4.50. The minimum Gasteiger partial charge on any atom is -0.493 e. The fraction of sp³-hybridized carbons (Fsp3) is 0.240. The first kappa shape index (κ1) is 23.7. The summed E-state index contributed by atoms with van der Waals surface area (Å²) in [5.74, 6) is -0.177. The second kappa shape index (κ2) is 9.80. The van der Waals surface area contributed by atoms with Crippen molar-refractivity contribution in [2.75, 3.05) is 20.8 Å². The van der Waals surface area contributed by atoms with Crippen LogP contribution in [-0.2, 0) is 23.0 Å². The molecule has 0 fully saturated rings. The smallest absolute Gasteiger partial charge is 0.341 e. The Hall–Kier alpha value is -4.47. The second-order valence-electron chi connectivity index (χ2n) is 7.62. The third-order valence-corrected chi connectivity index (χ3v) is 5.44. The average Bonchev–Trinajstić information content (AvgIpc) is 2.86. The molecule has 0 spiro atoms. The molecular formula is C25H24N4O6. The van der Waals surface area contributed by atoms with E-state index in [2.05, 4.69) is 9.98 Å². The van der Waals surface area contributed by atoms with Crippen LogP contribution in [0.15, 0.2) is 58.4 Å². The van der Waals surface area contributed by atoms with Crippen LogP contribution in [0.1, 0.15) is 22.8 Å². The highest BCUT2D eigenvalue weighted by Gasteiger charge is 2.19. The van der Waals surface area contributed by atoms with Crippen LogP contribution >= 0.6 is 0 Å². The van der Waals surface area contributed by atoms with Gasteiger partial charge >= 0.3 is 5.97 Å². The van der Waals surface area contributed by atoms with E-state index >= 15 is 0 Å². The molecule has 10 nitrogen and oxygen atoms in total. The molecule has 1 aromatic carbocycles. The van der Waals surface area contributed by atoms with Crippen LogP contribution in [0.5, 0.6) is 11.5 Å². The van der Waals surface area contributed by atoms with Gasteiger partial charge in [0.15, 0.2) is 17.0 Å². The number of rotatable bonds is 6. The summed E-state index contributed by atoms with van der Waals surface area (Å²) in [6.45, 7) is 1.79. The summed E-state index contributed by atoms with van der Waals surface area (Å²) in [4.78, 5) is 47.6. The molecular weight excluding hydrogens is 452 g/mol. The quantitative estimate of drug-likeness (QED) is 0.309. The van der Waals surface area contributed by atoms with Crippen LogP contribution in [-0.4, -0.2) is 46.7 Å². The normalized spacial score (nSPS) is 11.6. The number of methoxy groups -OCH3 is 2. The van der Waals surface area contributed by atoms with E-state index in [1.165, 1.54) is 29.3 Å². The van der Waals surface area contributed by atoms with Gasteiger partial charge in [0, 0.05) is 13.2 Å². The van der Waals surface area contributed by atoms with Crippen molar-refractivity contribution >= 4 is 28.6 Å². The molecule has 0 atom stereocenters. The Morgan fingerprint density at radius 2 is 1.83 bits per heavy atom. The number of fused-ring (bicyclic) bond motifs is 2. The fourth-order valence-corrected chi connectivity index (χ4v) is 3.78. The SMILES string of the molecule is CCOC(=O)c1cc2c(=O)n3ccccc3nc2n(C)c1=NC(=O)Cc1ccc(OC)c(OC)c1. The highest BCUT2D eigenvalue weighted by molar-refractivity contribution is 5.93. The van der Waals surface area contributed by atoms with E-state index in [9.17, 15) is 14.4 Å². The standard InChI is InChI=1S/C25H24N4O6/c1-5-35-25(32)17-14-16-22(26-20-8-6-7-11-29(20)24(16)31)28(2)23(17)27-21(30)13-15-9-10-18(33-3)19(12-15)34-4/h6-12,14H,5,13H2,1-4H3. The Morgan fingerprint density at radius 1 is 1.06 bits per heavy atom. The summed E-state index contributed by atoms with van der Waals surface area (Å²) in [6, 6.07) is 11.7. The Balaban J connectivity index is 1.89. The molecule has 0 unspecified atom stereocenters. The van der Waals surface area contributed by atoms with Crippen molar-refractivity contribution in [3.63, 3.8) is 0 Å². The van der Waals surface area contributed by atoms with E-state index in [1.807, 2.05) is 0 Å². The van der Waals surface area contributed by atoms with Crippen LogP contribution in [0.4, 0.5) is 0 Å². The molecule has 0 N–H and O–H groups in total. The molecule has 0 bridgehead atoms. The molecule has 35 heavy (non-hydrogen) atoms. The van der Waals surface area contributed by atoms with E-state index < -0.39 is 11.9 Å². The molecule has 3 aromatic heterocycles. The number of aryl methyl sites for hydroxylation is 1. The van der Waals surface area contributed by atoms with Gasteiger partial charge in [0.25, 0.3) is 11.5 Å². The maximum absolute atomic E-state index is 13.1. The molecule has 180 valence electrons. The Labute approximate surface area is 200 Å². The van der Waals surface area contributed by atoms with Gasteiger partial charge in [-0.1, -0.05) is 12.1 Å². The lowest BCUT2D eigenvalue weighted by atomic mass is 10.1. The van der Waals surface area contributed by atoms with Gasteiger partial charge in [-0.25, -0.2) is 9.78 Å². The number of pyridine rings is 2. The van der Waals surface area contributed by atoms with E-state index in [0.29, 0.717) is 22.7 Å². The summed E-state index contributed by atoms with van der Waals surface area (Å²) in [5, 5.41) is 0.200. The van der Waals surface area contributed by atoms with E-state index in [1.54, 1.807) is 56.6 Å². The summed E-state index contributed by atoms with van der Waals surface area (Å²) in [7, 11) is 4.63. The monoisotopic (exact) mass is 476 g/mol. The van der Waals surface area contributed by atoms with Crippen molar-refractivity contribution in [3.8, 4) is 11.5 Å². The van der Waals surface area contributed by atoms with Crippen molar-refractivity contribution in [1.82, 2.24) is 14.0 Å². The lowest BCUT2D eigenvalue weighted by Gasteiger charge is -2.11. The Bertz CT molecular complexity index is 1590. The molecule has 0 saturated carbocycles. The number of hydrogen-bond donors (Lipinski definition) is 0. The maximum Gasteiger partial charge on any atom is 0.341 e. The van der Waals surface area contributed by atoms with Gasteiger partial charge < -0.3 is 18.8 Å². The summed E-state index contributed by atoms with van der Waals surface area (Å²) >= 11 is 0. The predicted octanol–water partition coefficient (Wildman–Crippen LogP) is 2.05. The Kier molecular flexibility index (Phi) is 6.63. The average molecular weight is 476 g/mol. The van der Waals surface area contributed by atoms with Gasteiger partial charge in [0.05, 0.1) is 32.6 Å². The number of carbonyl (C=O) groups excluding carboxylic acids is 2. The first-order valence-corrected chi connectivity index (χ1v) is 10.8.